The number of nitrogens with zero attached hydrogens (tertiary/aromatic N) is 3. The Labute approximate surface area is 155 Å². The van der Waals surface area contributed by atoms with Gasteiger partial charge in [0.05, 0.1) is 17.6 Å². The molecule has 0 atom stereocenters. The zero-order chi connectivity index (χ0) is 17.9. The first-order valence-corrected chi connectivity index (χ1v) is 9.11. The number of likely N-dealkylation sites (N-methyl/N-ethyl adjacent to an activating group) is 1. The van der Waals surface area contributed by atoms with E-state index in [1.807, 2.05) is 30.3 Å². The Morgan fingerprint density at radius 3 is 3.04 bits per heavy atom. The average Bonchev–Trinajstić information content (AvgIpc) is 3.23. The Bertz CT molecular complexity index is 994. The molecular weight excluding hydrogens is 350 g/mol. The summed E-state index contributed by atoms with van der Waals surface area (Å²) in [7, 11) is 3.78. The van der Waals surface area contributed by atoms with Gasteiger partial charge >= 0.3 is 0 Å². The molecule has 0 N–H and O–H groups in total. The second-order valence-corrected chi connectivity index (χ2v) is 7.05. The lowest BCUT2D eigenvalue weighted by atomic mass is 10.1. The van der Waals surface area contributed by atoms with Crippen molar-refractivity contribution in [3.05, 3.63) is 48.4 Å². The van der Waals surface area contributed by atoms with Crippen LogP contribution in [0.5, 0.6) is 10.9 Å². The number of hydrogen-bond donors (Lipinski definition) is 0. The van der Waals surface area contributed by atoms with Gasteiger partial charge in [0.25, 0.3) is 5.19 Å². The zero-order valence-electron chi connectivity index (χ0n) is 14.6. The van der Waals surface area contributed by atoms with Crippen LogP contribution in [-0.4, -0.2) is 42.2 Å². The number of pyridine rings is 1. The van der Waals surface area contributed by atoms with E-state index in [4.69, 9.17) is 13.9 Å². The summed E-state index contributed by atoms with van der Waals surface area (Å²) >= 11 is 1.47. The molecule has 0 saturated carbocycles. The first-order valence-electron chi connectivity index (χ1n) is 8.30. The Hall–Kier alpha value is -2.48. The molecule has 26 heavy (non-hydrogen) atoms. The molecule has 0 aliphatic carbocycles. The van der Waals surface area contributed by atoms with E-state index < -0.39 is 0 Å². The molecule has 0 aliphatic rings. The van der Waals surface area contributed by atoms with E-state index in [0.29, 0.717) is 23.2 Å². The van der Waals surface area contributed by atoms with Crippen LogP contribution in [0.4, 0.5) is 0 Å². The Kier molecular flexibility index (Phi) is 4.83. The second-order valence-electron chi connectivity index (χ2n) is 6.06. The van der Waals surface area contributed by atoms with Crippen molar-refractivity contribution in [3.63, 3.8) is 0 Å². The molecule has 3 aromatic heterocycles. The van der Waals surface area contributed by atoms with Crippen LogP contribution >= 0.6 is 11.3 Å². The van der Waals surface area contributed by atoms with E-state index in [0.717, 1.165) is 34.3 Å². The fourth-order valence-electron chi connectivity index (χ4n) is 2.76. The number of ether oxygens (including phenoxy) is 2. The lowest BCUT2D eigenvalue weighted by Crippen LogP contribution is -2.22. The number of fused-ring (bicyclic) bond motifs is 2. The van der Waals surface area contributed by atoms with E-state index in [1.54, 1.807) is 19.6 Å². The van der Waals surface area contributed by atoms with Crippen molar-refractivity contribution in [1.82, 2.24) is 14.9 Å². The minimum atomic E-state index is 0.573. The van der Waals surface area contributed by atoms with Crippen molar-refractivity contribution < 1.29 is 13.9 Å². The first-order chi connectivity index (χ1) is 12.7. The minimum Gasteiger partial charge on any atom is -0.464 e. The molecule has 1 aromatic carbocycles. The Morgan fingerprint density at radius 1 is 1.27 bits per heavy atom. The molecule has 7 heteroatoms. The standard InChI is InChI=1S/C19H19N3O3S/c1-22(8-9-23-2)11-13-12-24-16-10-14(5-6-15(13)16)25-19-21-18-17(26-19)4-3-7-20-18/h3-7,10,12H,8-9,11H2,1-2H3. The van der Waals surface area contributed by atoms with Crippen LogP contribution in [0.3, 0.4) is 0 Å². The van der Waals surface area contributed by atoms with Gasteiger partial charge in [0.1, 0.15) is 11.3 Å². The lowest BCUT2D eigenvalue weighted by molar-refractivity contribution is 0.158. The predicted octanol–water partition coefficient (Wildman–Crippen LogP) is 4.31. The van der Waals surface area contributed by atoms with E-state index in [2.05, 4.69) is 21.9 Å². The number of benzene rings is 1. The highest BCUT2D eigenvalue weighted by molar-refractivity contribution is 7.20. The lowest BCUT2D eigenvalue weighted by Gasteiger charge is -2.14. The van der Waals surface area contributed by atoms with Crippen LogP contribution in [0, 0.1) is 0 Å². The van der Waals surface area contributed by atoms with E-state index >= 15 is 0 Å². The van der Waals surface area contributed by atoms with Gasteiger partial charge in [-0.05, 0) is 31.3 Å². The largest absolute Gasteiger partial charge is 0.464 e. The summed E-state index contributed by atoms with van der Waals surface area (Å²) in [6.45, 7) is 2.39. The SMILES string of the molecule is COCCN(C)Cc1coc2cc(Oc3nc4ncccc4s3)ccc12. The van der Waals surface area contributed by atoms with Crippen molar-refractivity contribution in [2.75, 3.05) is 27.3 Å². The highest BCUT2D eigenvalue weighted by Crippen LogP contribution is 2.32. The van der Waals surface area contributed by atoms with Crippen LogP contribution < -0.4 is 4.74 Å². The molecule has 0 radical (unpaired) electrons. The molecule has 4 aromatic rings. The summed E-state index contributed by atoms with van der Waals surface area (Å²) in [6, 6.07) is 9.74. The summed E-state index contributed by atoms with van der Waals surface area (Å²) in [6.07, 6.45) is 3.53. The number of thiazole rings is 1. The summed E-state index contributed by atoms with van der Waals surface area (Å²) in [5.41, 5.74) is 2.65. The number of hydrogen-bond acceptors (Lipinski definition) is 7. The third kappa shape index (κ3) is 3.55. The van der Waals surface area contributed by atoms with Crippen LogP contribution in [0.15, 0.2) is 47.2 Å². The fraction of sp³-hybridized carbons (Fsp3) is 0.263. The van der Waals surface area contributed by atoms with Crippen molar-refractivity contribution >= 4 is 32.7 Å². The molecule has 6 nitrogen and oxygen atoms in total. The summed E-state index contributed by atoms with van der Waals surface area (Å²) in [5, 5.41) is 1.66. The molecule has 3 heterocycles. The van der Waals surface area contributed by atoms with Gasteiger partial charge in [-0.15, -0.1) is 0 Å². The highest BCUT2D eigenvalue weighted by Gasteiger charge is 2.11. The molecular formula is C19H19N3O3S. The van der Waals surface area contributed by atoms with Crippen LogP contribution in [0.1, 0.15) is 5.56 Å². The second kappa shape index (κ2) is 7.41. The van der Waals surface area contributed by atoms with Crippen molar-refractivity contribution in [1.29, 1.82) is 0 Å². The van der Waals surface area contributed by atoms with Gasteiger partial charge in [0, 0.05) is 43.4 Å². The number of aromatic nitrogens is 2. The Balaban J connectivity index is 1.52. The van der Waals surface area contributed by atoms with E-state index in [-0.39, 0.29) is 0 Å². The van der Waals surface area contributed by atoms with Crippen molar-refractivity contribution in [2.24, 2.45) is 0 Å². The molecule has 0 bridgehead atoms. The normalized spacial score (nSPS) is 11.7. The number of furan rings is 1. The van der Waals surface area contributed by atoms with Gasteiger partial charge in [-0.2, -0.15) is 4.98 Å². The molecule has 0 fully saturated rings. The summed E-state index contributed by atoms with van der Waals surface area (Å²) < 4.78 is 17.7. The molecule has 0 spiro atoms. The number of methoxy groups -OCH3 is 1. The van der Waals surface area contributed by atoms with Crippen LogP contribution in [0.2, 0.25) is 0 Å². The summed E-state index contributed by atoms with van der Waals surface area (Å²) in [5.74, 6) is 0.699. The topological polar surface area (TPSA) is 60.6 Å². The van der Waals surface area contributed by atoms with Gasteiger partial charge in [-0.3, -0.25) is 4.90 Å². The van der Waals surface area contributed by atoms with Crippen LogP contribution in [-0.2, 0) is 11.3 Å². The molecule has 4 rings (SSSR count). The summed E-state index contributed by atoms with van der Waals surface area (Å²) in [4.78, 5) is 10.8. The van der Waals surface area contributed by atoms with Gasteiger partial charge in [0.15, 0.2) is 5.65 Å². The van der Waals surface area contributed by atoms with Crippen LogP contribution in [0.25, 0.3) is 21.3 Å². The zero-order valence-corrected chi connectivity index (χ0v) is 15.5. The smallest absolute Gasteiger partial charge is 0.281 e. The highest BCUT2D eigenvalue weighted by atomic mass is 32.1. The third-order valence-electron chi connectivity index (χ3n) is 4.10. The minimum absolute atomic E-state index is 0.573. The number of rotatable bonds is 7. The van der Waals surface area contributed by atoms with E-state index in [1.165, 1.54) is 11.3 Å². The molecule has 0 saturated heterocycles. The van der Waals surface area contributed by atoms with Gasteiger partial charge in [-0.1, -0.05) is 11.3 Å². The maximum Gasteiger partial charge on any atom is 0.281 e. The predicted molar refractivity (Wildman–Crippen MR) is 102 cm³/mol. The third-order valence-corrected chi connectivity index (χ3v) is 4.98. The molecule has 0 aliphatic heterocycles. The fourth-order valence-corrected chi connectivity index (χ4v) is 3.55. The molecule has 134 valence electrons. The van der Waals surface area contributed by atoms with Crippen molar-refractivity contribution in [2.45, 2.75) is 6.54 Å². The maximum atomic E-state index is 5.90. The monoisotopic (exact) mass is 369 g/mol. The van der Waals surface area contributed by atoms with E-state index in [9.17, 15) is 0 Å². The average molecular weight is 369 g/mol. The first kappa shape index (κ1) is 17.0. The van der Waals surface area contributed by atoms with Gasteiger partial charge in [-0.25, -0.2) is 4.98 Å². The quantitative estimate of drug-likeness (QED) is 0.484. The molecule has 0 unspecified atom stereocenters. The van der Waals surface area contributed by atoms with Crippen molar-refractivity contribution in [3.8, 4) is 10.9 Å². The van der Waals surface area contributed by atoms with Gasteiger partial charge in [0.2, 0.25) is 0 Å². The Morgan fingerprint density at radius 2 is 2.19 bits per heavy atom. The van der Waals surface area contributed by atoms with Gasteiger partial charge < -0.3 is 13.9 Å². The maximum absolute atomic E-state index is 5.90. The molecule has 0 amide bonds.